The highest BCUT2D eigenvalue weighted by molar-refractivity contribution is 14.1. The molecule has 0 atom stereocenters. The monoisotopic (exact) mass is 390 g/mol. The lowest BCUT2D eigenvalue weighted by Crippen LogP contribution is -2.11. The van der Waals surface area contributed by atoms with Crippen LogP contribution in [0.15, 0.2) is 41.0 Å². The maximum absolute atomic E-state index is 11.7. The Labute approximate surface area is 115 Å². The summed E-state index contributed by atoms with van der Waals surface area (Å²) in [6.45, 7) is 0. The lowest BCUT2D eigenvalue weighted by Gasteiger charge is -2.03. The lowest BCUT2D eigenvalue weighted by atomic mass is 10.3. The number of aromatic nitrogens is 1. The van der Waals surface area contributed by atoms with Gasteiger partial charge in [0.25, 0.3) is 5.91 Å². The Morgan fingerprint density at radius 3 is 2.56 bits per heavy atom. The van der Waals surface area contributed by atoms with E-state index < -0.39 is 0 Å². The molecule has 1 aromatic heterocycles. The normalized spacial score (nSPS) is 10.1. The van der Waals surface area contributed by atoms with Crippen molar-refractivity contribution < 1.29 is 4.79 Å². The summed E-state index contributed by atoms with van der Waals surface area (Å²) in [7, 11) is 0. The van der Waals surface area contributed by atoms with Crippen LogP contribution in [0.4, 0.5) is 5.69 Å². The molecular formula is C11H8BrIN2O. The quantitative estimate of drug-likeness (QED) is 0.755. The van der Waals surface area contributed by atoms with Crippen LogP contribution in [-0.2, 0) is 0 Å². The van der Waals surface area contributed by atoms with Crippen LogP contribution in [0.5, 0.6) is 0 Å². The van der Waals surface area contributed by atoms with Crippen LogP contribution in [0, 0.1) is 3.57 Å². The standard InChI is InChI=1S/C11H8BrIN2O/c12-7-5-10(14-6-7)11(16)15-9-3-1-8(13)2-4-9/h1-6,14H,(H,15,16). The molecule has 1 amide bonds. The number of anilines is 1. The molecule has 0 aliphatic heterocycles. The van der Waals surface area contributed by atoms with Crippen molar-refractivity contribution in [2.75, 3.05) is 5.32 Å². The van der Waals surface area contributed by atoms with Crippen LogP contribution < -0.4 is 5.32 Å². The molecule has 0 saturated heterocycles. The summed E-state index contributed by atoms with van der Waals surface area (Å²) in [5.74, 6) is -0.146. The topological polar surface area (TPSA) is 44.9 Å². The fraction of sp³-hybridized carbons (Fsp3) is 0. The van der Waals surface area contributed by atoms with E-state index in [0.717, 1.165) is 13.7 Å². The van der Waals surface area contributed by atoms with Gasteiger partial charge in [0, 0.05) is 19.9 Å². The summed E-state index contributed by atoms with van der Waals surface area (Å²) in [5.41, 5.74) is 1.32. The SMILES string of the molecule is O=C(Nc1ccc(I)cc1)c1cc(Br)c[nH]1. The summed E-state index contributed by atoms with van der Waals surface area (Å²) < 4.78 is 2.00. The van der Waals surface area contributed by atoms with E-state index in [0.29, 0.717) is 5.69 Å². The molecule has 16 heavy (non-hydrogen) atoms. The first kappa shape index (κ1) is 11.7. The second-order valence-electron chi connectivity index (χ2n) is 3.19. The molecule has 3 nitrogen and oxygen atoms in total. The zero-order valence-corrected chi connectivity index (χ0v) is 11.9. The molecule has 2 aromatic rings. The predicted molar refractivity (Wildman–Crippen MR) is 75.6 cm³/mol. The van der Waals surface area contributed by atoms with E-state index in [1.54, 1.807) is 12.3 Å². The number of benzene rings is 1. The first-order valence-corrected chi connectivity index (χ1v) is 6.43. The van der Waals surface area contributed by atoms with Gasteiger partial charge in [0.2, 0.25) is 0 Å². The number of carbonyl (C=O) groups is 1. The third-order valence-corrected chi connectivity index (χ3v) is 3.17. The van der Waals surface area contributed by atoms with Gasteiger partial charge in [-0.1, -0.05) is 0 Å². The number of halogens is 2. The largest absolute Gasteiger partial charge is 0.356 e. The number of amides is 1. The first-order valence-electron chi connectivity index (χ1n) is 4.56. The van der Waals surface area contributed by atoms with Crippen molar-refractivity contribution in [2.24, 2.45) is 0 Å². The molecule has 0 bridgehead atoms. The van der Waals surface area contributed by atoms with Crippen molar-refractivity contribution in [3.05, 3.63) is 50.3 Å². The van der Waals surface area contributed by atoms with Crippen molar-refractivity contribution in [2.45, 2.75) is 0 Å². The maximum atomic E-state index is 11.7. The number of aromatic amines is 1. The molecule has 0 unspecified atom stereocenters. The Morgan fingerprint density at radius 1 is 1.31 bits per heavy atom. The van der Waals surface area contributed by atoms with Crippen molar-refractivity contribution in [1.82, 2.24) is 4.98 Å². The van der Waals surface area contributed by atoms with Gasteiger partial charge in [0.05, 0.1) is 0 Å². The number of nitrogens with one attached hydrogen (secondary N) is 2. The first-order chi connectivity index (χ1) is 7.65. The van der Waals surface area contributed by atoms with Gasteiger partial charge in [-0.15, -0.1) is 0 Å². The van der Waals surface area contributed by atoms with E-state index in [1.165, 1.54) is 0 Å². The van der Waals surface area contributed by atoms with Crippen molar-refractivity contribution >= 4 is 50.1 Å². The third kappa shape index (κ3) is 2.85. The average Bonchev–Trinajstić information content (AvgIpc) is 2.68. The number of carbonyl (C=O) groups excluding carboxylic acids is 1. The van der Waals surface area contributed by atoms with Crippen LogP contribution in [-0.4, -0.2) is 10.9 Å². The molecule has 2 N–H and O–H groups in total. The van der Waals surface area contributed by atoms with E-state index in [9.17, 15) is 4.79 Å². The van der Waals surface area contributed by atoms with E-state index in [2.05, 4.69) is 48.8 Å². The van der Waals surface area contributed by atoms with Crippen LogP contribution in [0.2, 0.25) is 0 Å². The third-order valence-electron chi connectivity index (χ3n) is 1.99. The van der Waals surface area contributed by atoms with Gasteiger partial charge in [0.1, 0.15) is 5.69 Å². The Balaban J connectivity index is 2.10. The molecule has 0 radical (unpaired) electrons. The number of hydrogen-bond acceptors (Lipinski definition) is 1. The molecule has 0 spiro atoms. The summed E-state index contributed by atoms with van der Waals surface area (Å²) in [4.78, 5) is 14.6. The Morgan fingerprint density at radius 2 is 2.00 bits per heavy atom. The molecule has 82 valence electrons. The Kier molecular flexibility index (Phi) is 3.65. The summed E-state index contributed by atoms with van der Waals surface area (Å²) in [6, 6.07) is 9.37. The Bertz CT molecular complexity index is 507. The molecule has 0 saturated carbocycles. The van der Waals surface area contributed by atoms with E-state index in [-0.39, 0.29) is 5.91 Å². The number of rotatable bonds is 2. The summed E-state index contributed by atoms with van der Waals surface area (Å²) in [5, 5.41) is 2.80. The summed E-state index contributed by atoms with van der Waals surface area (Å²) in [6.07, 6.45) is 1.73. The number of hydrogen-bond donors (Lipinski definition) is 2. The van der Waals surface area contributed by atoms with Crippen LogP contribution in [0.25, 0.3) is 0 Å². The highest BCUT2D eigenvalue weighted by Crippen LogP contribution is 2.14. The molecule has 0 aliphatic rings. The highest BCUT2D eigenvalue weighted by Gasteiger charge is 2.07. The van der Waals surface area contributed by atoms with Gasteiger partial charge in [-0.2, -0.15) is 0 Å². The van der Waals surface area contributed by atoms with Crippen LogP contribution in [0.3, 0.4) is 0 Å². The van der Waals surface area contributed by atoms with E-state index in [1.807, 2.05) is 24.3 Å². The zero-order valence-electron chi connectivity index (χ0n) is 8.13. The molecule has 1 heterocycles. The van der Waals surface area contributed by atoms with Crippen molar-refractivity contribution in [3.63, 3.8) is 0 Å². The zero-order chi connectivity index (χ0) is 11.5. The average molecular weight is 391 g/mol. The van der Waals surface area contributed by atoms with E-state index >= 15 is 0 Å². The minimum absolute atomic E-state index is 0.146. The smallest absolute Gasteiger partial charge is 0.272 e. The maximum Gasteiger partial charge on any atom is 0.272 e. The lowest BCUT2D eigenvalue weighted by molar-refractivity contribution is 0.102. The minimum atomic E-state index is -0.146. The van der Waals surface area contributed by atoms with Crippen molar-refractivity contribution in [1.29, 1.82) is 0 Å². The highest BCUT2D eigenvalue weighted by atomic mass is 127. The van der Waals surface area contributed by atoms with Gasteiger partial charge < -0.3 is 10.3 Å². The predicted octanol–water partition coefficient (Wildman–Crippen LogP) is 3.63. The molecule has 0 aliphatic carbocycles. The van der Waals surface area contributed by atoms with Gasteiger partial charge in [-0.3, -0.25) is 4.79 Å². The molecular weight excluding hydrogens is 383 g/mol. The van der Waals surface area contributed by atoms with Crippen molar-refractivity contribution in [3.8, 4) is 0 Å². The van der Waals surface area contributed by atoms with Gasteiger partial charge in [0.15, 0.2) is 0 Å². The van der Waals surface area contributed by atoms with Crippen LogP contribution >= 0.6 is 38.5 Å². The van der Waals surface area contributed by atoms with Gasteiger partial charge in [-0.05, 0) is 68.9 Å². The Hall–Kier alpha value is -0.820. The molecule has 5 heteroatoms. The molecule has 0 fully saturated rings. The fourth-order valence-corrected chi connectivity index (χ4v) is 1.93. The van der Waals surface area contributed by atoms with Crippen LogP contribution in [0.1, 0.15) is 10.5 Å². The second-order valence-corrected chi connectivity index (χ2v) is 5.35. The number of H-pyrrole nitrogens is 1. The van der Waals surface area contributed by atoms with Gasteiger partial charge in [-0.25, -0.2) is 0 Å². The summed E-state index contributed by atoms with van der Waals surface area (Å²) >= 11 is 5.50. The second kappa shape index (κ2) is 5.01. The van der Waals surface area contributed by atoms with E-state index in [4.69, 9.17) is 0 Å². The molecule has 1 aromatic carbocycles. The fourth-order valence-electron chi connectivity index (χ4n) is 1.23. The minimum Gasteiger partial charge on any atom is -0.356 e. The molecule has 2 rings (SSSR count). The van der Waals surface area contributed by atoms with Gasteiger partial charge >= 0.3 is 0 Å².